The molecule has 0 fully saturated rings. The Balaban J connectivity index is 2.09. The lowest BCUT2D eigenvalue weighted by Crippen LogP contribution is -2.29. The van der Waals surface area contributed by atoms with Gasteiger partial charge in [0.2, 0.25) is 0 Å². The molecule has 4 heteroatoms. The lowest BCUT2D eigenvalue weighted by molar-refractivity contribution is 0.127. The first-order valence-electron chi connectivity index (χ1n) is 7.16. The quantitative estimate of drug-likeness (QED) is 0.808. The molecule has 0 saturated heterocycles. The average molecular weight is 286 g/mol. The number of hydrogen-bond acceptors (Lipinski definition) is 4. The molecule has 2 aromatic rings. The highest BCUT2D eigenvalue weighted by molar-refractivity contribution is 5.59. The molecule has 4 nitrogen and oxygen atoms in total. The molecule has 1 aromatic heterocycles. The number of benzene rings is 1. The molecule has 0 spiro atoms. The van der Waals surface area contributed by atoms with Crippen molar-refractivity contribution in [3.8, 4) is 11.3 Å². The van der Waals surface area contributed by atoms with Gasteiger partial charge in [0.1, 0.15) is 0 Å². The summed E-state index contributed by atoms with van der Waals surface area (Å²) in [6, 6.07) is 14.3. The first kappa shape index (κ1) is 15.6. The van der Waals surface area contributed by atoms with Crippen LogP contribution in [0.1, 0.15) is 5.56 Å². The van der Waals surface area contributed by atoms with Crippen LogP contribution in [0.15, 0.2) is 48.7 Å². The fraction of sp³-hybridized carbons (Fsp3) is 0.353. The lowest BCUT2D eigenvalue weighted by Gasteiger charge is -2.21. The second-order valence-corrected chi connectivity index (χ2v) is 4.91. The summed E-state index contributed by atoms with van der Waals surface area (Å²) in [4.78, 5) is 6.56. The van der Waals surface area contributed by atoms with E-state index in [1.165, 1.54) is 5.56 Å². The molecule has 0 aliphatic carbocycles. The molecule has 0 amide bonds. The van der Waals surface area contributed by atoms with E-state index in [2.05, 4.69) is 28.1 Å². The normalized spacial score (nSPS) is 11.0. The van der Waals surface area contributed by atoms with Crippen molar-refractivity contribution in [3.05, 3.63) is 54.2 Å². The Labute approximate surface area is 126 Å². The van der Waals surface area contributed by atoms with Gasteiger partial charge >= 0.3 is 0 Å². The van der Waals surface area contributed by atoms with Crippen molar-refractivity contribution in [2.45, 2.75) is 6.54 Å². The zero-order chi connectivity index (χ0) is 14.9. The number of methoxy groups -OCH3 is 1. The zero-order valence-corrected chi connectivity index (χ0v) is 12.4. The fourth-order valence-electron chi connectivity index (χ4n) is 2.25. The summed E-state index contributed by atoms with van der Waals surface area (Å²) in [5, 5.41) is 9.15. The minimum Gasteiger partial charge on any atom is -0.395 e. The molecule has 0 unspecified atom stereocenters. The van der Waals surface area contributed by atoms with E-state index in [-0.39, 0.29) is 6.61 Å². The predicted molar refractivity (Wildman–Crippen MR) is 83.9 cm³/mol. The van der Waals surface area contributed by atoms with Gasteiger partial charge in [-0.25, -0.2) is 0 Å². The van der Waals surface area contributed by atoms with Crippen LogP contribution in [0.3, 0.4) is 0 Å². The summed E-state index contributed by atoms with van der Waals surface area (Å²) in [7, 11) is 1.69. The van der Waals surface area contributed by atoms with Crippen molar-refractivity contribution in [3.63, 3.8) is 0 Å². The smallest absolute Gasteiger partial charge is 0.0702 e. The van der Waals surface area contributed by atoms with Crippen LogP contribution in [0.2, 0.25) is 0 Å². The van der Waals surface area contributed by atoms with Gasteiger partial charge in [0, 0.05) is 38.5 Å². The van der Waals surface area contributed by atoms with Crippen LogP contribution in [0.5, 0.6) is 0 Å². The third kappa shape index (κ3) is 4.93. The van der Waals surface area contributed by atoms with Crippen molar-refractivity contribution in [2.24, 2.45) is 0 Å². The standard InChI is InChI=1S/C17H22N2O2/c1-21-12-10-19(9-11-20)14-15-5-4-6-16(13-15)17-7-2-3-8-18-17/h2-8,13,20H,9-12,14H2,1H3. The maximum atomic E-state index is 9.15. The highest BCUT2D eigenvalue weighted by atomic mass is 16.5. The van der Waals surface area contributed by atoms with Crippen molar-refractivity contribution in [2.75, 3.05) is 33.4 Å². The van der Waals surface area contributed by atoms with Crippen LogP contribution in [-0.2, 0) is 11.3 Å². The Bertz CT molecular complexity index is 531. The van der Waals surface area contributed by atoms with Gasteiger partial charge in [-0.3, -0.25) is 9.88 Å². The SMILES string of the molecule is COCCN(CCO)Cc1cccc(-c2ccccn2)c1. The summed E-state index contributed by atoms with van der Waals surface area (Å²) >= 11 is 0. The molecule has 0 bridgehead atoms. The Morgan fingerprint density at radius 2 is 2.05 bits per heavy atom. The van der Waals surface area contributed by atoms with E-state index in [1.807, 2.05) is 24.3 Å². The van der Waals surface area contributed by atoms with E-state index in [1.54, 1.807) is 13.3 Å². The molecule has 0 saturated carbocycles. The summed E-state index contributed by atoms with van der Waals surface area (Å²) < 4.78 is 5.12. The van der Waals surface area contributed by atoms with Gasteiger partial charge in [-0.2, -0.15) is 0 Å². The second kappa shape index (κ2) is 8.52. The van der Waals surface area contributed by atoms with E-state index in [0.29, 0.717) is 13.2 Å². The number of nitrogens with zero attached hydrogens (tertiary/aromatic N) is 2. The Hall–Kier alpha value is -1.75. The van der Waals surface area contributed by atoms with E-state index >= 15 is 0 Å². The van der Waals surface area contributed by atoms with Crippen LogP contribution in [0, 0.1) is 0 Å². The van der Waals surface area contributed by atoms with E-state index < -0.39 is 0 Å². The Kier molecular flexibility index (Phi) is 6.34. The van der Waals surface area contributed by atoms with Gasteiger partial charge in [-0.1, -0.05) is 24.3 Å². The van der Waals surface area contributed by atoms with Crippen LogP contribution in [0.25, 0.3) is 11.3 Å². The van der Waals surface area contributed by atoms with E-state index in [0.717, 1.165) is 24.3 Å². The number of aliphatic hydroxyl groups is 1. The largest absolute Gasteiger partial charge is 0.395 e. The molecule has 2 rings (SSSR count). The van der Waals surface area contributed by atoms with Gasteiger partial charge in [-0.05, 0) is 23.8 Å². The average Bonchev–Trinajstić information content (AvgIpc) is 2.54. The van der Waals surface area contributed by atoms with E-state index in [4.69, 9.17) is 9.84 Å². The maximum Gasteiger partial charge on any atom is 0.0702 e. The lowest BCUT2D eigenvalue weighted by atomic mass is 10.1. The minimum absolute atomic E-state index is 0.156. The van der Waals surface area contributed by atoms with Gasteiger partial charge in [0.05, 0.1) is 18.9 Å². The molecule has 0 aliphatic heterocycles. The van der Waals surface area contributed by atoms with E-state index in [9.17, 15) is 0 Å². The van der Waals surface area contributed by atoms with Crippen molar-refractivity contribution in [1.29, 1.82) is 0 Å². The highest BCUT2D eigenvalue weighted by Crippen LogP contribution is 2.18. The second-order valence-electron chi connectivity index (χ2n) is 4.91. The summed E-state index contributed by atoms with van der Waals surface area (Å²) in [6.07, 6.45) is 1.80. The highest BCUT2D eigenvalue weighted by Gasteiger charge is 2.06. The molecule has 1 N–H and O–H groups in total. The van der Waals surface area contributed by atoms with Crippen LogP contribution in [0.4, 0.5) is 0 Å². The van der Waals surface area contributed by atoms with Crippen molar-refractivity contribution in [1.82, 2.24) is 9.88 Å². The number of pyridine rings is 1. The molecule has 21 heavy (non-hydrogen) atoms. The van der Waals surface area contributed by atoms with Gasteiger partial charge in [0.25, 0.3) is 0 Å². The third-order valence-electron chi connectivity index (χ3n) is 3.32. The zero-order valence-electron chi connectivity index (χ0n) is 12.4. The summed E-state index contributed by atoms with van der Waals surface area (Å²) in [5.41, 5.74) is 3.30. The van der Waals surface area contributed by atoms with Crippen LogP contribution < -0.4 is 0 Å². The first-order valence-corrected chi connectivity index (χ1v) is 7.16. The molecular weight excluding hydrogens is 264 g/mol. The summed E-state index contributed by atoms with van der Waals surface area (Å²) in [5.74, 6) is 0. The summed E-state index contributed by atoms with van der Waals surface area (Å²) in [6.45, 7) is 3.08. The Morgan fingerprint density at radius 1 is 1.14 bits per heavy atom. The molecule has 0 radical (unpaired) electrons. The molecular formula is C17H22N2O2. The first-order chi connectivity index (χ1) is 10.3. The molecule has 112 valence electrons. The fourth-order valence-corrected chi connectivity index (χ4v) is 2.25. The minimum atomic E-state index is 0.156. The van der Waals surface area contributed by atoms with Gasteiger partial charge in [-0.15, -0.1) is 0 Å². The molecule has 1 heterocycles. The predicted octanol–water partition coefficient (Wildman–Crippen LogP) is 2.19. The number of aliphatic hydroxyl groups excluding tert-OH is 1. The van der Waals surface area contributed by atoms with Crippen molar-refractivity contribution < 1.29 is 9.84 Å². The maximum absolute atomic E-state index is 9.15. The molecule has 0 atom stereocenters. The number of rotatable bonds is 8. The number of hydrogen-bond donors (Lipinski definition) is 1. The number of ether oxygens (including phenoxy) is 1. The topological polar surface area (TPSA) is 45.6 Å². The molecule has 1 aromatic carbocycles. The third-order valence-corrected chi connectivity index (χ3v) is 3.32. The van der Waals surface area contributed by atoms with Gasteiger partial charge < -0.3 is 9.84 Å². The van der Waals surface area contributed by atoms with Gasteiger partial charge in [0.15, 0.2) is 0 Å². The van der Waals surface area contributed by atoms with Crippen LogP contribution in [-0.4, -0.2) is 48.4 Å². The van der Waals surface area contributed by atoms with Crippen LogP contribution >= 0.6 is 0 Å². The molecule has 0 aliphatic rings. The number of aromatic nitrogens is 1. The van der Waals surface area contributed by atoms with Crippen molar-refractivity contribution >= 4 is 0 Å². The Morgan fingerprint density at radius 3 is 2.76 bits per heavy atom. The monoisotopic (exact) mass is 286 g/mol.